The Bertz CT molecular complexity index is 1070. The fraction of sp³-hybridized carbons (Fsp3) is 0.667. The molecule has 1 N–H and O–H groups in total. The van der Waals surface area contributed by atoms with Gasteiger partial charge in [0.15, 0.2) is 0 Å². The molecular formula is C27H41N3O5S. The maximum absolute atomic E-state index is 13.6. The van der Waals surface area contributed by atoms with Crippen molar-refractivity contribution in [2.75, 3.05) is 47.4 Å². The molecule has 0 radical (unpaired) electrons. The Labute approximate surface area is 216 Å². The molecular weight excluding hydrogens is 478 g/mol. The fourth-order valence-electron chi connectivity index (χ4n) is 4.84. The summed E-state index contributed by atoms with van der Waals surface area (Å²) in [4.78, 5) is 16.9. The highest BCUT2D eigenvalue weighted by atomic mass is 32.2. The third-order valence-corrected chi connectivity index (χ3v) is 9.10. The van der Waals surface area contributed by atoms with Crippen molar-refractivity contribution in [3.05, 3.63) is 23.8 Å². The molecule has 1 aliphatic carbocycles. The summed E-state index contributed by atoms with van der Waals surface area (Å²) in [6.45, 7) is 4.45. The number of aliphatic hydroxyl groups is 1. The van der Waals surface area contributed by atoms with E-state index < -0.39 is 22.2 Å². The Balaban J connectivity index is 1.96. The zero-order chi connectivity index (χ0) is 26.5. The molecule has 0 aromatic heterocycles. The van der Waals surface area contributed by atoms with Crippen molar-refractivity contribution in [1.82, 2.24) is 14.1 Å². The largest absolute Gasteiger partial charge is 0.487 e. The molecule has 1 heterocycles. The van der Waals surface area contributed by atoms with Crippen LogP contribution in [0.2, 0.25) is 0 Å². The molecule has 0 bridgehead atoms. The lowest BCUT2D eigenvalue weighted by Gasteiger charge is -2.38. The molecule has 200 valence electrons. The lowest BCUT2D eigenvalue weighted by molar-refractivity contribution is -0.136. The molecule has 1 saturated carbocycles. The van der Waals surface area contributed by atoms with Gasteiger partial charge >= 0.3 is 0 Å². The molecule has 1 aromatic rings. The quantitative estimate of drug-likeness (QED) is 0.581. The molecule has 1 aromatic carbocycles. The van der Waals surface area contributed by atoms with Crippen LogP contribution in [0.15, 0.2) is 23.1 Å². The van der Waals surface area contributed by atoms with Crippen molar-refractivity contribution in [2.24, 2.45) is 11.8 Å². The lowest BCUT2D eigenvalue weighted by Crippen LogP contribution is -2.50. The van der Waals surface area contributed by atoms with E-state index in [1.54, 1.807) is 31.0 Å². The number of sulfonamides is 1. The lowest BCUT2D eigenvalue weighted by atomic mass is 9.88. The zero-order valence-corrected chi connectivity index (χ0v) is 23.1. The van der Waals surface area contributed by atoms with Crippen LogP contribution in [0, 0.1) is 23.7 Å². The average molecular weight is 520 g/mol. The van der Waals surface area contributed by atoms with E-state index in [9.17, 15) is 18.3 Å². The van der Waals surface area contributed by atoms with E-state index in [0.29, 0.717) is 18.7 Å². The minimum Gasteiger partial charge on any atom is -0.487 e. The molecule has 36 heavy (non-hydrogen) atoms. The van der Waals surface area contributed by atoms with Crippen molar-refractivity contribution in [1.29, 1.82) is 0 Å². The van der Waals surface area contributed by atoms with Crippen LogP contribution in [0.4, 0.5) is 0 Å². The summed E-state index contributed by atoms with van der Waals surface area (Å²) in [6, 6.07) is 4.30. The van der Waals surface area contributed by atoms with Gasteiger partial charge in [-0.05, 0) is 52.1 Å². The number of hydrogen-bond donors (Lipinski definition) is 1. The maximum atomic E-state index is 13.6. The Kier molecular flexibility index (Phi) is 9.81. The number of amides is 1. The summed E-state index contributed by atoms with van der Waals surface area (Å²) in [5.74, 6) is 6.34. The second kappa shape index (κ2) is 12.4. The van der Waals surface area contributed by atoms with E-state index in [0.717, 1.165) is 25.7 Å². The van der Waals surface area contributed by atoms with Gasteiger partial charge in [0, 0.05) is 37.0 Å². The summed E-state index contributed by atoms with van der Waals surface area (Å²) in [5, 5.41) is 9.82. The SMILES string of the molecule is C[C@H](CO)N1C[C@H](C)[C@H](CN(C)C(=O)C2CCCCC2)Oc2cc(C#CCN(C)C)ccc2S1(=O)=O. The molecule has 0 unspecified atom stereocenters. The van der Waals surface area contributed by atoms with Gasteiger partial charge in [-0.2, -0.15) is 4.31 Å². The second-order valence-electron chi connectivity index (χ2n) is 10.5. The van der Waals surface area contributed by atoms with Gasteiger partial charge in [0.2, 0.25) is 15.9 Å². The first-order valence-electron chi connectivity index (χ1n) is 12.9. The Hall–Kier alpha value is -2.12. The number of ether oxygens (including phenoxy) is 1. The topological polar surface area (TPSA) is 90.4 Å². The number of likely N-dealkylation sites (N-methyl/N-ethyl adjacent to an activating group) is 1. The van der Waals surface area contributed by atoms with Crippen molar-refractivity contribution in [3.8, 4) is 17.6 Å². The number of fused-ring (bicyclic) bond motifs is 1. The summed E-state index contributed by atoms with van der Waals surface area (Å²) >= 11 is 0. The average Bonchev–Trinajstić information content (AvgIpc) is 2.85. The van der Waals surface area contributed by atoms with Gasteiger partial charge in [-0.25, -0.2) is 8.42 Å². The van der Waals surface area contributed by atoms with Crippen molar-refractivity contribution >= 4 is 15.9 Å². The molecule has 3 rings (SSSR count). The highest BCUT2D eigenvalue weighted by molar-refractivity contribution is 7.89. The van der Waals surface area contributed by atoms with Gasteiger partial charge in [-0.15, -0.1) is 0 Å². The van der Waals surface area contributed by atoms with E-state index in [1.807, 2.05) is 25.9 Å². The van der Waals surface area contributed by atoms with Gasteiger partial charge < -0.3 is 14.7 Å². The van der Waals surface area contributed by atoms with Crippen LogP contribution in [0.1, 0.15) is 51.5 Å². The van der Waals surface area contributed by atoms with Crippen LogP contribution in [-0.2, 0) is 14.8 Å². The Morgan fingerprint density at radius 2 is 1.92 bits per heavy atom. The van der Waals surface area contributed by atoms with Gasteiger partial charge in [-0.3, -0.25) is 9.69 Å². The van der Waals surface area contributed by atoms with Gasteiger partial charge in [0.1, 0.15) is 16.7 Å². The number of benzene rings is 1. The highest BCUT2D eigenvalue weighted by Crippen LogP contribution is 2.34. The van der Waals surface area contributed by atoms with Crippen LogP contribution in [-0.4, -0.2) is 93.1 Å². The Morgan fingerprint density at radius 3 is 2.56 bits per heavy atom. The van der Waals surface area contributed by atoms with Crippen molar-refractivity contribution in [2.45, 2.75) is 63.0 Å². The van der Waals surface area contributed by atoms with E-state index in [-0.39, 0.29) is 41.5 Å². The first-order valence-corrected chi connectivity index (χ1v) is 14.3. The van der Waals surface area contributed by atoms with Gasteiger partial charge in [0.25, 0.3) is 0 Å². The van der Waals surface area contributed by atoms with Crippen LogP contribution < -0.4 is 4.74 Å². The number of hydrogen-bond acceptors (Lipinski definition) is 6. The van der Waals surface area contributed by atoms with E-state index in [1.165, 1.54) is 16.8 Å². The molecule has 1 aliphatic heterocycles. The van der Waals surface area contributed by atoms with E-state index in [4.69, 9.17) is 4.74 Å². The normalized spacial score (nSPS) is 23.4. The van der Waals surface area contributed by atoms with Gasteiger partial charge in [-0.1, -0.05) is 38.0 Å². The minimum absolute atomic E-state index is 0.0461. The van der Waals surface area contributed by atoms with Crippen molar-refractivity contribution < 1.29 is 23.1 Å². The predicted octanol–water partition coefficient (Wildman–Crippen LogP) is 2.41. The zero-order valence-electron chi connectivity index (χ0n) is 22.2. The standard InChI is InChI=1S/C27H41N3O5S/c1-20-17-30(21(2)19-31)36(33,34)26-14-13-22(10-9-15-28(3)4)16-24(26)35-25(20)18-29(5)27(32)23-11-7-6-8-12-23/h13-14,16,20-21,23,25,31H,6-8,11-12,15,17-19H2,1-5H3/t20-,21+,25-/m0/s1. The third-order valence-electron chi connectivity index (χ3n) is 7.08. The van der Waals surface area contributed by atoms with Crippen LogP contribution in [0.5, 0.6) is 5.75 Å². The monoisotopic (exact) mass is 519 g/mol. The smallest absolute Gasteiger partial charge is 0.247 e. The summed E-state index contributed by atoms with van der Waals surface area (Å²) in [6.07, 6.45) is 4.76. The van der Waals surface area contributed by atoms with E-state index in [2.05, 4.69) is 11.8 Å². The summed E-state index contributed by atoms with van der Waals surface area (Å²) < 4.78 is 35.0. The van der Waals surface area contributed by atoms with Crippen molar-refractivity contribution in [3.63, 3.8) is 0 Å². The molecule has 9 heteroatoms. The molecule has 2 aliphatic rings. The Morgan fingerprint density at radius 1 is 1.22 bits per heavy atom. The van der Waals surface area contributed by atoms with Crippen LogP contribution in [0.3, 0.4) is 0 Å². The molecule has 0 saturated heterocycles. The summed E-state index contributed by atoms with van der Waals surface area (Å²) in [5.41, 5.74) is 0.658. The van der Waals surface area contributed by atoms with Gasteiger partial charge in [0.05, 0.1) is 19.7 Å². The number of nitrogens with zero attached hydrogens (tertiary/aromatic N) is 3. The molecule has 0 spiro atoms. The number of rotatable bonds is 6. The maximum Gasteiger partial charge on any atom is 0.247 e. The van der Waals surface area contributed by atoms with Crippen LogP contribution in [0.25, 0.3) is 0 Å². The third kappa shape index (κ3) is 6.80. The first-order chi connectivity index (χ1) is 17.0. The molecule has 8 nitrogen and oxygen atoms in total. The fourth-order valence-corrected chi connectivity index (χ4v) is 6.67. The molecule has 3 atom stereocenters. The molecule has 1 fully saturated rings. The second-order valence-corrected chi connectivity index (χ2v) is 12.4. The number of carbonyl (C=O) groups is 1. The highest BCUT2D eigenvalue weighted by Gasteiger charge is 2.38. The predicted molar refractivity (Wildman–Crippen MR) is 140 cm³/mol. The number of carbonyl (C=O) groups excluding carboxylic acids is 1. The number of aliphatic hydroxyl groups excluding tert-OH is 1. The van der Waals surface area contributed by atoms with E-state index >= 15 is 0 Å². The summed E-state index contributed by atoms with van der Waals surface area (Å²) in [7, 11) is 1.75. The molecule has 1 amide bonds. The van der Waals surface area contributed by atoms with Crippen LogP contribution >= 0.6 is 0 Å². The first kappa shape index (κ1) is 28.5. The minimum atomic E-state index is -3.91.